The molecule has 126 valence electrons. The third-order valence-corrected chi connectivity index (χ3v) is 4.02. The molecule has 2 aromatic rings. The van der Waals surface area contributed by atoms with Gasteiger partial charge in [-0.2, -0.15) is 0 Å². The van der Waals surface area contributed by atoms with E-state index in [1.807, 2.05) is 13.0 Å². The molecule has 1 fully saturated rings. The van der Waals surface area contributed by atoms with Gasteiger partial charge in [0.2, 0.25) is 5.95 Å². The summed E-state index contributed by atoms with van der Waals surface area (Å²) in [5.41, 5.74) is 2.16. The lowest BCUT2D eigenvalue weighted by atomic mass is 10.2. The van der Waals surface area contributed by atoms with Crippen molar-refractivity contribution in [3.05, 3.63) is 46.0 Å². The minimum atomic E-state index is -0.187. The van der Waals surface area contributed by atoms with Crippen LogP contribution in [0.25, 0.3) is 0 Å². The Morgan fingerprint density at radius 1 is 1.29 bits per heavy atom. The molecule has 8 heteroatoms. The summed E-state index contributed by atoms with van der Waals surface area (Å²) in [7, 11) is 0. The molecule has 0 spiro atoms. The SMILES string of the molecule is Cc1cc(CNC(=O)c2cncc(Br)c2)nc(N2CCOCC2)n1. The molecule has 0 atom stereocenters. The Morgan fingerprint density at radius 3 is 2.83 bits per heavy atom. The maximum absolute atomic E-state index is 12.2. The summed E-state index contributed by atoms with van der Waals surface area (Å²) in [4.78, 5) is 27.3. The first-order chi connectivity index (χ1) is 11.6. The summed E-state index contributed by atoms with van der Waals surface area (Å²) < 4.78 is 6.12. The summed E-state index contributed by atoms with van der Waals surface area (Å²) in [5.74, 6) is 0.500. The fraction of sp³-hybridized carbons (Fsp3) is 0.375. The smallest absolute Gasteiger partial charge is 0.253 e. The summed E-state index contributed by atoms with van der Waals surface area (Å²) in [6.07, 6.45) is 3.17. The lowest BCUT2D eigenvalue weighted by Crippen LogP contribution is -2.37. The van der Waals surface area contributed by atoms with Crippen molar-refractivity contribution < 1.29 is 9.53 Å². The van der Waals surface area contributed by atoms with E-state index in [0.29, 0.717) is 31.3 Å². The maximum Gasteiger partial charge on any atom is 0.253 e. The van der Waals surface area contributed by atoms with Crippen molar-refractivity contribution in [3.8, 4) is 0 Å². The van der Waals surface area contributed by atoms with Gasteiger partial charge in [0.05, 0.1) is 31.0 Å². The first kappa shape index (κ1) is 16.8. The molecule has 7 nitrogen and oxygen atoms in total. The van der Waals surface area contributed by atoms with Crippen molar-refractivity contribution in [2.75, 3.05) is 31.2 Å². The van der Waals surface area contributed by atoms with E-state index in [1.54, 1.807) is 12.3 Å². The number of carbonyl (C=O) groups is 1. The predicted octanol–water partition coefficient (Wildman–Crippen LogP) is 1.71. The largest absolute Gasteiger partial charge is 0.378 e. The van der Waals surface area contributed by atoms with Crippen molar-refractivity contribution in [2.45, 2.75) is 13.5 Å². The van der Waals surface area contributed by atoms with E-state index in [4.69, 9.17) is 4.74 Å². The van der Waals surface area contributed by atoms with Gasteiger partial charge >= 0.3 is 0 Å². The Balaban J connectivity index is 1.68. The third-order valence-electron chi connectivity index (χ3n) is 3.59. The van der Waals surface area contributed by atoms with E-state index in [-0.39, 0.29) is 5.91 Å². The van der Waals surface area contributed by atoms with Crippen molar-refractivity contribution in [2.24, 2.45) is 0 Å². The van der Waals surface area contributed by atoms with Crippen LogP contribution < -0.4 is 10.2 Å². The number of hydrogen-bond acceptors (Lipinski definition) is 6. The summed E-state index contributed by atoms with van der Waals surface area (Å²) in [6.45, 7) is 5.18. The number of nitrogens with one attached hydrogen (secondary N) is 1. The monoisotopic (exact) mass is 391 g/mol. The van der Waals surface area contributed by atoms with Gasteiger partial charge in [0, 0.05) is 35.6 Å². The highest BCUT2D eigenvalue weighted by molar-refractivity contribution is 9.10. The van der Waals surface area contributed by atoms with Crippen LogP contribution in [0.5, 0.6) is 0 Å². The molecule has 0 aromatic carbocycles. The molecule has 1 saturated heterocycles. The zero-order valence-corrected chi connectivity index (χ0v) is 14.9. The topological polar surface area (TPSA) is 80.2 Å². The van der Waals surface area contributed by atoms with E-state index >= 15 is 0 Å². The molecule has 1 aliphatic heterocycles. The Hall–Kier alpha value is -2.06. The molecule has 0 unspecified atom stereocenters. The Kier molecular flexibility index (Phi) is 5.37. The molecule has 1 aliphatic rings. The molecule has 1 N–H and O–H groups in total. The minimum absolute atomic E-state index is 0.187. The highest BCUT2D eigenvalue weighted by atomic mass is 79.9. The number of ether oxygens (including phenoxy) is 1. The molecule has 1 amide bonds. The lowest BCUT2D eigenvalue weighted by Gasteiger charge is -2.27. The van der Waals surface area contributed by atoms with Crippen molar-refractivity contribution in [1.29, 1.82) is 0 Å². The standard InChI is InChI=1S/C16H18BrN5O2/c1-11-6-14(21-16(20-11)22-2-4-24-5-3-22)10-19-15(23)12-7-13(17)9-18-8-12/h6-9H,2-5,10H2,1H3,(H,19,23). The second-order valence-electron chi connectivity index (χ2n) is 5.47. The zero-order chi connectivity index (χ0) is 16.9. The molecule has 3 heterocycles. The fourth-order valence-corrected chi connectivity index (χ4v) is 2.79. The van der Waals surface area contributed by atoms with Crippen LogP contribution in [0.4, 0.5) is 5.95 Å². The number of morpholine rings is 1. The molecular formula is C16H18BrN5O2. The molecule has 2 aromatic heterocycles. The fourth-order valence-electron chi connectivity index (χ4n) is 2.42. The van der Waals surface area contributed by atoms with E-state index < -0.39 is 0 Å². The second-order valence-corrected chi connectivity index (χ2v) is 6.39. The van der Waals surface area contributed by atoms with Gasteiger partial charge in [0.25, 0.3) is 5.91 Å². The number of nitrogens with zero attached hydrogens (tertiary/aromatic N) is 4. The van der Waals surface area contributed by atoms with Crippen LogP contribution in [0.1, 0.15) is 21.7 Å². The number of carbonyl (C=O) groups excluding carboxylic acids is 1. The predicted molar refractivity (Wildman–Crippen MR) is 92.9 cm³/mol. The molecule has 3 rings (SSSR count). The van der Waals surface area contributed by atoms with E-state index in [0.717, 1.165) is 29.0 Å². The van der Waals surface area contributed by atoms with Crippen molar-refractivity contribution in [3.63, 3.8) is 0 Å². The van der Waals surface area contributed by atoms with Crippen LogP contribution in [-0.2, 0) is 11.3 Å². The van der Waals surface area contributed by atoms with E-state index in [9.17, 15) is 4.79 Å². The molecular weight excluding hydrogens is 374 g/mol. The average Bonchev–Trinajstić information content (AvgIpc) is 2.60. The van der Waals surface area contributed by atoms with E-state index in [2.05, 4.69) is 41.1 Å². The highest BCUT2D eigenvalue weighted by Crippen LogP contribution is 2.13. The van der Waals surface area contributed by atoms with Gasteiger partial charge in [-0.05, 0) is 35.0 Å². The van der Waals surface area contributed by atoms with Crippen molar-refractivity contribution >= 4 is 27.8 Å². The van der Waals surface area contributed by atoms with Crippen LogP contribution in [0, 0.1) is 6.92 Å². The minimum Gasteiger partial charge on any atom is -0.378 e. The van der Waals surface area contributed by atoms with E-state index in [1.165, 1.54) is 6.20 Å². The summed E-state index contributed by atoms with van der Waals surface area (Å²) in [6, 6.07) is 3.61. The van der Waals surface area contributed by atoms with Gasteiger partial charge in [0.1, 0.15) is 0 Å². The van der Waals surface area contributed by atoms with Crippen molar-refractivity contribution in [1.82, 2.24) is 20.3 Å². The molecule has 0 bridgehead atoms. The van der Waals surface area contributed by atoms with Gasteiger partial charge in [-0.15, -0.1) is 0 Å². The van der Waals surface area contributed by atoms with Crippen LogP contribution in [0.15, 0.2) is 29.0 Å². The zero-order valence-electron chi connectivity index (χ0n) is 13.3. The molecule has 24 heavy (non-hydrogen) atoms. The maximum atomic E-state index is 12.2. The van der Waals surface area contributed by atoms with Gasteiger partial charge < -0.3 is 15.0 Å². The van der Waals surface area contributed by atoms with Crippen LogP contribution in [0.3, 0.4) is 0 Å². The second kappa shape index (κ2) is 7.67. The first-order valence-electron chi connectivity index (χ1n) is 7.68. The number of aromatic nitrogens is 3. The van der Waals surface area contributed by atoms with Crippen LogP contribution >= 0.6 is 15.9 Å². The molecule has 0 aliphatic carbocycles. The Morgan fingerprint density at radius 2 is 2.08 bits per heavy atom. The van der Waals surface area contributed by atoms with Crippen LogP contribution in [-0.4, -0.2) is 47.2 Å². The van der Waals surface area contributed by atoms with Gasteiger partial charge in [-0.25, -0.2) is 9.97 Å². The van der Waals surface area contributed by atoms with Gasteiger partial charge in [-0.3, -0.25) is 9.78 Å². The molecule has 0 saturated carbocycles. The number of amides is 1. The Labute approximate surface area is 148 Å². The van der Waals surface area contributed by atoms with Gasteiger partial charge in [-0.1, -0.05) is 0 Å². The normalized spacial score (nSPS) is 14.5. The number of anilines is 1. The quantitative estimate of drug-likeness (QED) is 0.854. The van der Waals surface area contributed by atoms with Crippen LogP contribution in [0.2, 0.25) is 0 Å². The summed E-state index contributed by atoms with van der Waals surface area (Å²) >= 11 is 3.31. The Bertz CT molecular complexity index is 734. The number of rotatable bonds is 4. The highest BCUT2D eigenvalue weighted by Gasteiger charge is 2.15. The lowest BCUT2D eigenvalue weighted by molar-refractivity contribution is 0.0950. The first-order valence-corrected chi connectivity index (χ1v) is 8.47. The average molecular weight is 392 g/mol. The van der Waals surface area contributed by atoms with Gasteiger partial charge in [0.15, 0.2) is 0 Å². The summed E-state index contributed by atoms with van der Waals surface area (Å²) in [5, 5.41) is 2.87. The number of aryl methyl sites for hydroxylation is 1. The number of halogens is 1. The number of pyridine rings is 1. The third kappa shape index (κ3) is 4.27. The number of hydrogen-bond donors (Lipinski definition) is 1. The molecule has 0 radical (unpaired) electrons.